The Labute approximate surface area is 175 Å². The van der Waals surface area contributed by atoms with Crippen LogP contribution in [-0.2, 0) is 0 Å². The van der Waals surface area contributed by atoms with Gasteiger partial charge in [-0.05, 0) is 78.9 Å². The van der Waals surface area contributed by atoms with Gasteiger partial charge in [-0.15, -0.1) is 0 Å². The average molecular weight is 426 g/mol. The Bertz CT molecular complexity index is 1210. The summed E-state index contributed by atoms with van der Waals surface area (Å²) < 4.78 is 18.7. The molecule has 29 heavy (non-hydrogen) atoms. The number of nitrogens with one attached hydrogen (secondary N) is 2. The van der Waals surface area contributed by atoms with E-state index in [2.05, 4.69) is 15.6 Å². The Morgan fingerprint density at radius 2 is 1.76 bits per heavy atom. The number of oxazole rings is 1. The normalized spacial score (nSPS) is 10.7. The second-order valence-electron chi connectivity index (χ2n) is 6.12. The minimum Gasteiger partial charge on any atom is -0.436 e. The molecule has 0 atom stereocenters. The molecule has 8 heteroatoms. The van der Waals surface area contributed by atoms with Crippen molar-refractivity contribution < 1.29 is 13.6 Å². The number of amides is 1. The third kappa shape index (κ3) is 4.42. The lowest BCUT2D eigenvalue weighted by atomic mass is 10.2. The molecule has 0 fully saturated rings. The van der Waals surface area contributed by atoms with Crippen molar-refractivity contribution in [3.8, 4) is 11.5 Å². The molecule has 0 aliphatic carbocycles. The van der Waals surface area contributed by atoms with Crippen LogP contribution in [0.15, 0.2) is 71.1 Å². The van der Waals surface area contributed by atoms with Crippen molar-refractivity contribution in [2.45, 2.75) is 0 Å². The van der Waals surface area contributed by atoms with Crippen molar-refractivity contribution in [1.29, 1.82) is 0 Å². The summed E-state index contributed by atoms with van der Waals surface area (Å²) in [5.74, 6) is -0.378. The summed E-state index contributed by atoms with van der Waals surface area (Å²) >= 11 is 11.1. The fourth-order valence-corrected chi connectivity index (χ4v) is 3.00. The maximum atomic E-state index is 13.0. The molecular formula is C21H13ClFN3O2S. The molecule has 144 valence electrons. The van der Waals surface area contributed by atoms with E-state index in [1.165, 1.54) is 24.3 Å². The lowest BCUT2D eigenvalue weighted by Crippen LogP contribution is -2.34. The highest BCUT2D eigenvalue weighted by molar-refractivity contribution is 7.80. The predicted octanol–water partition coefficient (Wildman–Crippen LogP) is 5.41. The van der Waals surface area contributed by atoms with Crippen molar-refractivity contribution in [2.75, 3.05) is 5.32 Å². The summed E-state index contributed by atoms with van der Waals surface area (Å²) in [6.45, 7) is 0. The average Bonchev–Trinajstić information content (AvgIpc) is 3.12. The number of fused-ring (bicyclic) bond motifs is 1. The summed E-state index contributed by atoms with van der Waals surface area (Å²) in [7, 11) is 0. The van der Waals surface area contributed by atoms with E-state index in [1.807, 2.05) is 12.1 Å². The van der Waals surface area contributed by atoms with Crippen molar-refractivity contribution in [2.24, 2.45) is 0 Å². The Morgan fingerprint density at radius 1 is 1.03 bits per heavy atom. The maximum Gasteiger partial charge on any atom is 0.257 e. The first-order valence-corrected chi connectivity index (χ1v) is 9.31. The van der Waals surface area contributed by atoms with Gasteiger partial charge in [0.1, 0.15) is 11.3 Å². The molecular weight excluding hydrogens is 413 g/mol. The third-order valence-corrected chi connectivity index (χ3v) is 4.53. The maximum absolute atomic E-state index is 13.0. The summed E-state index contributed by atoms with van der Waals surface area (Å²) in [6.07, 6.45) is 0. The third-order valence-electron chi connectivity index (χ3n) is 4.07. The lowest BCUT2D eigenvalue weighted by Gasteiger charge is -2.09. The molecule has 4 rings (SSSR count). The van der Waals surface area contributed by atoms with E-state index >= 15 is 0 Å². The van der Waals surface area contributed by atoms with Gasteiger partial charge in [-0.25, -0.2) is 9.37 Å². The molecule has 0 saturated heterocycles. The van der Waals surface area contributed by atoms with Crippen LogP contribution in [0.4, 0.5) is 10.1 Å². The second kappa shape index (κ2) is 7.98. The van der Waals surface area contributed by atoms with Crippen LogP contribution in [0.25, 0.3) is 22.6 Å². The van der Waals surface area contributed by atoms with Gasteiger partial charge in [-0.1, -0.05) is 11.6 Å². The molecule has 1 heterocycles. The fraction of sp³-hybridized carbons (Fsp3) is 0. The van der Waals surface area contributed by atoms with Crippen LogP contribution >= 0.6 is 23.8 Å². The van der Waals surface area contributed by atoms with Crippen LogP contribution in [0, 0.1) is 5.82 Å². The molecule has 0 aliphatic rings. The molecule has 5 nitrogen and oxygen atoms in total. The highest BCUT2D eigenvalue weighted by atomic mass is 35.5. The number of aromatic nitrogens is 1. The minimum absolute atomic E-state index is 0.111. The minimum atomic E-state index is -0.435. The number of benzene rings is 3. The summed E-state index contributed by atoms with van der Waals surface area (Å²) in [5.41, 5.74) is 2.99. The van der Waals surface area contributed by atoms with Crippen molar-refractivity contribution in [3.05, 3.63) is 83.1 Å². The summed E-state index contributed by atoms with van der Waals surface area (Å²) in [6, 6.07) is 17.6. The Kier molecular flexibility index (Phi) is 5.24. The van der Waals surface area contributed by atoms with Crippen molar-refractivity contribution >= 4 is 51.6 Å². The molecule has 0 unspecified atom stereocenters. The number of hydrogen-bond acceptors (Lipinski definition) is 4. The molecule has 1 aromatic heterocycles. The zero-order chi connectivity index (χ0) is 20.4. The van der Waals surface area contributed by atoms with E-state index in [-0.39, 0.29) is 5.11 Å². The van der Waals surface area contributed by atoms with Gasteiger partial charge in [-0.3, -0.25) is 10.1 Å². The zero-order valence-corrected chi connectivity index (χ0v) is 16.4. The number of anilines is 1. The van der Waals surface area contributed by atoms with E-state index in [4.69, 9.17) is 28.2 Å². The lowest BCUT2D eigenvalue weighted by molar-refractivity contribution is 0.0977. The van der Waals surface area contributed by atoms with Gasteiger partial charge in [-0.2, -0.15) is 0 Å². The Balaban J connectivity index is 1.47. The fourth-order valence-electron chi connectivity index (χ4n) is 2.66. The molecule has 0 saturated carbocycles. The van der Waals surface area contributed by atoms with Crippen LogP contribution in [0.5, 0.6) is 0 Å². The largest absolute Gasteiger partial charge is 0.436 e. The summed E-state index contributed by atoms with van der Waals surface area (Å²) in [4.78, 5) is 16.6. The topological polar surface area (TPSA) is 67.2 Å². The first-order valence-electron chi connectivity index (χ1n) is 8.52. The van der Waals surface area contributed by atoms with Crippen LogP contribution in [0.2, 0.25) is 5.02 Å². The van der Waals surface area contributed by atoms with Gasteiger partial charge in [0.05, 0.1) is 0 Å². The Hall–Kier alpha value is -3.29. The summed E-state index contributed by atoms with van der Waals surface area (Å²) in [5, 5.41) is 6.22. The van der Waals surface area contributed by atoms with Crippen LogP contribution < -0.4 is 10.6 Å². The van der Waals surface area contributed by atoms with Crippen molar-refractivity contribution in [3.63, 3.8) is 0 Å². The first-order chi connectivity index (χ1) is 14.0. The van der Waals surface area contributed by atoms with Gasteiger partial charge in [0.15, 0.2) is 10.7 Å². The zero-order valence-electron chi connectivity index (χ0n) is 14.8. The quantitative estimate of drug-likeness (QED) is 0.429. The molecule has 0 bridgehead atoms. The van der Waals surface area contributed by atoms with Crippen LogP contribution in [-0.4, -0.2) is 16.0 Å². The standard InChI is InChI=1S/C21H13ClFN3O2S/c22-14-5-1-13(2-6-14)20-25-17-11-16(9-10-18(17)28-20)24-21(29)26-19(27)12-3-7-15(23)8-4-12/h1-11H,(H2,24,26,27,29). The monoisotopic (exact) mass is 425 g/mol. The van der Waals surface area contributed by atoms with E-state index in [0.29, 0.717) is 33.3 Å². The number of carbonyl (C=O) groups is 1. The number of hydrogen-bond donors (Lipinski definition) is 2. The molecule has 3 aromatic carbocycles. The number of halogens is 2. The van der Waals surface area contributed by atoms with E-state index < -0.39 is 11.7 Å². The second-order valence-corrected chi connectivity index (χ2v) is 6.97. The first kappa shape index (κ1) is 19.0. The highest BCUT2D eigenvalue weighted by Gasteiger charge is 2.11. The van der Waals surface area contributed by atoms with Gasteiger partial charge in [0.25, 0.3) is 5.91 Å². The Morgan fingerprint density at radius 3 is 2.48 bits per heavy atom. The molecule has 0 spiro atoms. The van der Waals surface area contributed by atoms with E-state index in [1.54, 1.807) is 30.3 Å². The molecule has 0 aliphatic heterocycles. The van der Waals surface area contributed by atoms with E-state index in [0.717, 1.165) is 5.56 Å². The van der Waals surface area contributed by atoms with Gasteiger partial charge < -0.3 is 9.73 Å². The van der Waals surface area contributed by atoms with Crippen LogP contribution in [0.1, 0.15) is 10.4 Å². The highest BCUT2D eigenvalue weighted by Crippen LogP contribution is 2.27. The van der Waals surface area contributed by atoms with E-state index in [9.17, 15) is 9.18 Å². The van der Waals surface area contributed by atoms with Gasteiger partial charge in [0, 0.05) is 21.8 Å². The number of carbonyl (C=O) groups excluding carboxylic acids is 1. The molecule has 2 N–H and O–H groups in total. The van der Waals surface area contributed by atoms with Gasteiger partial charge in [0.2, 0.25) is 5.89 Å². The molecule has 4 aromatic rings. The number of rotatable bonds is 3. The van der Waals surface area contributed by atoms with Gasteiger partial charge >= 0.3 is 0 Å². The number of thiocarbonyl (C=S) groups is 1. The van der Waals surface area contributed by atoms with Crippen molar-refractivity contribution in [1.82, 2.24) is 10.3 Å². The smallest absolute Gasteiger partial charge is 0.257 e. The SMILES string of the molecule is O=C(NC(=S)Nc1ccc2oc(-c3ccc(Cl)cc3)nc2c1)c1ccc(F)cc1. The number of nitrogens with zero attached hydrogens (tertiary/aromatic N) is 1. The van der Waals surface area contributed by atoms with Crippen LogP contribution in [0.3, 0.4) is 0 Å². The molecule has 0 radical (unpaired) electrons. The predicted molar refractivity (Wildman–Crippen MR) is 115 cm³/mol. The molecule has 1 amide bonds.